The first-order valence-electron chi connectivity index (χ1n) is 11.1. The normalized spacial score (nSPS) is 16.7. The quantitative estimate of drug-likeness (QED) is 0.418. The Balaban J connectivity index is 1.26. The summed E-state index contributed by atoms with van der Waals surface area (Å²) in [5.74, 6) is 0. The van der Waals surface area contributed by atoms with Crippen molar-refractivity contribution >= 4 is 45.0 Å². The highest BCUT2D eigenvalue weighted by Crippen LogP contribution is 2.33. The van der Waals surface area contributed by atoms with Crippen LogP contribution in [0.2, 0.25) is 10.0 Å². The third-order valence-corrected chi connectivity index (χ3v) is 6.84. The monoisotopic (exact) mass is 467 g/mol. The molecule has 0 bridgehead atoms. The second kappa shape index (κ2) is 9.42. The molecule has 0 amide bonds. The second-order valence-electron chi connectivity index (χ2n) is 8.65. The molecule has 0 spiro atoms. The van der Waals surface area contributed by atoms with Gasteiger partial charge in [-0.2, -0.15) is 0 Å². The number of aliphatic hydroxyl groups excluding tert-OH is 1. The van der Waals surface area contributed by atoms with Gasteiger partial charge in [-0.25, -0.2) is 0 Å². The van der Waals surface area contributed by atoms with Crippen LogP contribution in [0.25, 0.3) is 21.8 Å². The van der Waals surface area contributed by atoms with Gasteiger partial charge >= 0.3 is 0 Å². The summed E-state index contributed by atoms with van der Waals surface area (Å²) < 4.78 is 2.19. The Bertz CT molecular complexity index is 1160. The molecule has 0 unspecified atom stereocenters. The van der Waals surface area contributed by atoms with Crippen LogP contribution in [0, 0.1) is 0 Å². The largest absolute Gasteiger partial charge is 0.390 e. The molecule has 1 aromatic heterocycles. The molecule has 1 fully saturated rings. The lowest BCUT2D eigenvalue weighted by Gasteiger charge is -2.35. The van der Waals surface area contributed by atoms with Crippen LogP contribution in [0.3, 0.4) is 0 Å². The van der Waals surface area contributed by atoms with E-state index in [0.717, 1.165) is 54.5 Å². The van der Waals surface area contributed by atoms with Crippen LogP contribution in [-0.4, -0.2) is 58.3 Å². The molecule has 166 valence electrons. The van der Waals surface area contributed by atoms with Crippen molar-refractivity contribution < 1.29 is 5.11 Å². The van der Waals surface area contributed by atoms with Crippen molar-refractivity contribution in [2.75, 3.05) is 32.7 Å². The van der Waals surface area contributed by atoms with E-state index in [1.165, 1.54) is 5.56 Å². The number of fused-ring (bicyclic) bond motifs is 3. The molecular weight excluding hydrogens is 441 g/mol. The third-order valence-electron chi connectivity index (χ3n) is 6.37. The summed E-state index contributed by atoms with van der Waals surface area (Å²) in [4.78, 5) is 4.85. The lowest BCUT2D eigenvalue weighted by atomic mass is 10.1. The maximum atomic E-state index is 11.0. The predicted octanol–water partition coefficient (Wildman–Crippen LogP) is 5.28. The smallest absolute Gasteiger partial charge is 0.0845 e. The van der Waals surface area contributed by atoms with Gasteiger partial charge in [-0.15, -0.1) is 0 Å². The molecule has 1 aliphatic rings. The first kappa shape index (κ1) is 21.7. The Morgan fingerprint density at radius 3 is 1.88 bits per heavy atom. The number of benzene rings is 3. The highest BCUT2D eigenvalue weighted by atomic mass is 35.5. The Hall–Kier alpha value is -2.08. The molecule has 3 aromatic carbocycles. The van der Waals surface area contributed by atoms with Crippen LogP contribution in [0.1, 0.15) is 5.56 Å². The van der Waals surface area contributed by atoms with Gasteiger partial charge in [-0.3, -0.25) is 9.80 Å². The summed E-state index contributed by atoms with van der Waals surface area (Å²) in [7, 11) is 0. The molecule has 1 atom stereocenters. The van der Waals surface area contributed by atoms with Crippen molar-refractivity contribution in [2.45, 2.75) is 19.2 Å². The van der Waals surface area contributed by atoms with Gasteiger partial charge < -0.3 is 9.67 Å². The van der Waals surface area contributed by atoms with Crippen molar-refractivity contribution in [3.05, 3.63) is 82.3 Å². The molecule has 0 aliphatic carbocycles. The molecule has 2 heterocycles. The maximum Gasteiger partial charge on any atom is 0.0845 e. The van der Waals surface area contributed by atoms with Gasteiger partial charge in [0.2, 0.25) is 0 Å². The summed E-state index contributed by atoms with van der Waals surface area (Å²) in [6.07, 6.45) is -0.458. The van der Waals surface area contributed by atoms with E-state index >= 15 is 0 Å². The average Bonchev–Trinajstić information content (AvgIpc) is 3.08. The molecule has 1 N–H and O–H groups in total. The van der Waals surface area contributed by atoms with E-state index in [1.807, 2.05) is 36.4 Å². The SMILES string of the molecule is O[C@H](CN1CCN(Cc2ccccc2)CC1)Cn1c2ccc(Cl)cc2c2cc(Cl)ccc21. The zero-order valence-electron chi connectivity index (χ0n) is 17.9. The van der Waals surface area contributed by atoms with E-state index in [1.54, 1.807) is 0 Å². The number of aliphatic hydroxyl groups is 1. The summed E-state index contributed by atoms with van der Waals surface area (Å²) in [6, 6.07) is 22.4. The fourth-order valence-corrected chi connectivity index (χ4v) is 5.13. The van der Waals surface area contributed by atoms with Gasteiger partial charge in [0.1, 0.15) is 0 Å². The fourth-order valence-electron chi connectivity index (χ4n) is 4.78. The zero-order valence-corrected chi connectivity index (χ0v) is 19.4. The minimum Gasteiger partial charge on any atom is -0.390 e. The first-order valence-corrected chi connectivity index (χ1v) is 11.9. The number of piperazine rings is 1. The van der Waals surface area contributed by atoms with Gasteiger partial charge in [-0.1, -0.05) is 53.5 Å². The van der Waals surface area contributed by atoms with Crippen molar-refractivity contribution in [2.24, 2.45) is 0 Å². The van der Waals surface area contributed by atoms with Crippen LogP contribution in [0.4, 0.5) is 0 Å². The summed E-state index contributed by atoms with van der Waals surface area (Å²) in [5.41, 5.74) is 3.49. The number of halogens is 2. The van der Waals surface area contributed by atoms with Crippen molar-refractivity contribution in [3.8, 4) is 0 Å². The van der Waals surface area contributed by atoms with Gasteiger partial charge in [0.15, 0.2) is 0 Å². The van der Waals surface area contributed by atoms with Crippen LogP contribution in [0.5, 0.6) is 0 Å². The van der Waals surface area contributed by atoms with Crippen LogP contribution < -0.4 is 0 Å². The van der Waals surface area contributed by atoms with Crippen molar-refractivity contribution in [1.29, 1.82) is 0 Å². The molecule has 0 radical (unpaired) electrons. The molecule has 0 saturated carbocycles. The topological polar surface area (TPSA) is 31.6 Å². The summed E-state index contributed by atoms with van der Waals surface area (Å²) >= 11 is 12.5. The van der Waals surface area contributed by atoms with E-state index in [9.17, 15) is 5.11 Å². The summed E-state index contributed by atoms with van der Waals surface area (Å²) in [6.45, 7) is 6.19. The molecule has 32 heavy (non-hydrogen) atoms. The van der Waals surface area contributed by atoms with Crippen LogP contribution in [-0.2, 0) is 13.1 Å². The minimum atomic E-state index is -0.458. The van der Waals surface area contributed by atoms with Gasteiger partial charge in [0.05, 0.1) is 12.6 Å². The molecule has 6 heteroatoms. The number of nitrogens with zero attached hydrogens (tertiary/aromatic N) is 3. The Morgan fingerprint density at radius 1 is 0.719 bits per heavy atom. The van der Waals surface area contributed by atoms with Gasteiger partial charge in [0.25, 0.3) is 0 Å². The van der Waals surface area contributed by atoms with E-state index < -0.39 is 6.10 Å². The van der Waals surface area contributed by atoms with E-state index in [-0.39, 0.29) is 0 Å². The highest BCUT2D eigenvalue weighted by molar-refractivity contribution is 6.33. The second-order valence-corrected chi connectivity index (χ2v) is 9.52. The maximum absolute atomic E-state index is 11.0. The lowest BCUT2D eigenvalue weighted by Crippen LogP contribution is -2.48. The summed E-state index contributed by atoms with van der Waals surface area (Å²) in [5, 5.41) is 14.5. The molecular formula is C26H27Cl2N3O. The number of hydrogen-bond acceptors (Lipinski definition) is 3. The number of hydrogen-bond donors (Lipinski definition) is 1. The highest BCUT2D eigenvalue weighted by Gasteiger charge is 2.21. The molecule has 4 nitrogen and oxygen atoms in total. The molecule has 5 rings (SSSR count). The average molecular weight is 468 g/mol. The van der Waals surface area contributed by atoms with Crippen molar-refractivity contribution in [3.63, 3.8) is 0 Å². The Morgan fingerprint density at radius 2 is 1.28 bits per heavy atom. The number of β-amino-alcohol motifs (C(OH)–C–C–N with tert-alkyl or cyclic N) is 1. The molecule has 4 aromatic rings. The standard InChI is InChI=1S/C26H27Cl2N3O/c27-20-6-8-25-23(14-20)24-15-21(28)7-9-26(24)31(25)18-22(32)17-30-12-10-29(11-13-30)16-19-4-2-1-3-5-19/h1-9,14-15,22,32H,10-13,16-18H2/t22-/m1/s1. The number of rotatable bonds is 6. The lowest BCUT2D eigenvalue weighted by molar-refractivity contribution is 0.0634. The Labute approximate surface area is 198 Å². The van der Waals surface area contributed by atoms with Gasteiger partial charge in [0, 0.05) is 71.1 Å². The number of aromatic nitrogens is 1. The first-order chi connectivity index (χ1) is 15.6. The molecule has 1 aliphatic heterocycles. The van der Waals surface area contributed by atoms with Crippen molar-refractivity contribution in [1.82, 2.24) is 14.4 Å². The molecule has 1 saturated heterocycles. The van der Waals surface area contributed by atoms with Gasteiger partial charge in [-0.05, 0) is 42.0 Å². The van der Waals surface area contributed by atoms with Crippen LogP contribution in [0.15, 0.2) is 66.7 Å². The van der Waals surface area contributed by atoms with E-state index in [4.69, 9.17) is 23.2 Å². The predicted molar refractivity (Wildman–Crippen MR) is 134 cm³/mol. The van der Waals surface area contributed by atoms with Crippen LogP contribution >= 0.6 is 23.2 Å². The minimum absolute atomic E-state index is 0.458. The van der Waals surface area contributed by atoms with E-state index in [2.05, 4.69) is 44.7 Å². The third kappa shape index (κ3) is 4.66. The zero-order chi connectivity index (χ0) is 22.1. The Kier molecular flexibility index (Phi) is 6.40. The fraction of sp³-hybridized carbons (Fsp3) is 0.308. The van der Waals surface area contributed by atoms with E-state index in [0.29, 0.717) is 23.1 Å².